The quantitative estimate of drug-likeness (QED) is 0.419. The van der Waals surface area contributed by atoms with Crippen LogP contribution in [0.4, 0.5) is 0 Å². The van der Waals surface area contributed by atoms with E-state index in [9.17, 15) is 9.90 Å². The number of ether oxygens (including phenoxy) is 2. The van der Waals surface area contributed by atoms with Gasteiger partial charge in [0.05, 0.1) is 19.8 Å². The molecule has 0 fully saturated rings. The molecule has 0 aliphatic heterocycles. The van der Waals surface area contributed by atoms with Gasteiger partial charge in [0.2, 0.25) is 0 Å². The highest BCUT2D eigenvalue weighted by Crippen LogP contribution is 1.92. The fraction of sp³-hybridized carbons (Fsp3) is 0.900. The molecule has 0 aliphatic rings. The third-order valence-electron chi connectivity index (χ3n) is 1.98. The number of esters is 1. The largest absolute Gasteiger partial charge is 0.469 e. The summed E-state index contributed by atoms with van der Waals surface area (Å²) in [6.45, 7) is 1.85. The van der Waals surface area contributed by atoms with Crippen molar-refractivity contribution < 1.29 is 19.4 Å². The lowest BCUT2D eigenvalue weighted by Crippen LogP contribution is -2.24. The third-order valence-corrected chi connectivity index (χ3v) is 1.98. The maximum atomic E-state index is 10.7. The first-order valence-electron chi connectivity index (χ1n) is 5.15. The Morgan fingerprint density at radius 3 is 2.73 bits per heavy atom. The Balaban J connectivity index is 3.14. The molecular formula is C10H21NO4. The summed E-state index contributed by atoms with van der Waals surface area (Å²) >= 11 is 0. The standard InChI is InChI=1S/C10H21NO4/c1-14-8-9(12)5-7-11-6-3-4-10(13)15-2/h9,11-12H,3-8H2,1-2H3. The van der Waals surface area contributed by atoms with Gasteiger partial charge >= 0.3 is 5.97 Å². The normalized spacial score (nSPS) is 12.5. The van der Waals surface area contributed by atoms with Gasteiger partial charge in [0.1, 0.15) is 0 Å². The zero-order valence-electron chi connectivity index (χ0n) is 9.49. The number of carbonyl (C=O) groups excluding carboxylic acids is 1. The van der Waals surface area contributed by atoms with Gasteiger partial charge in [-0.2, -0.15) is 0 Å². The van der Waals surface area contributed by atoms with Crippen molar-refractivity contribution in [3.63, 3.8) is 0 Å². The van der Waals surface area contributed by atoms with E-state index in [2.05, 4.69) is 10.1 Å². The van der Waals surface area contributed by atoms with Gasteiger partial charge < -0.3 is 19.9 Å². The van der Waals surface area contributed by atoms with Crippen molar-refractivity contribution in [2.24, 2.45) is 0 Å². The molecule has 0 rings (SSSR count). The van der Waals surface area contributed by atoms with Crippen molar-refractivity contribution in [2.75, 3.05) is 33.9 Å². The first-order valence-corrected chi connectivity index (χ1v) is 5.15. The lowest BCUT2D eigenvalue weighted by molar-refractivity contribution is -0.140. The molecule has 0 bridgehead atoms. The highest BCUT2D eigenvalue weighted by Gasteiger charge is 2.02. The van der Waals surface area contributed by atoms with Crippen molar-refractivity contribution in [1.82, 2.24) is 5.32 Å². The van der Waals surface area contributed by atoms with Gasteiger partial charge in [-0.25, -0.2) is 0 Å². The molecule has 5 heteroatoms. The fourth-order valence-corrected chi connectivity index (χ4v) is 1.13. The number of aliphatic hydroxyl groups excluding tert-OH is 1. The van der Waals surface area contributed by atoms with Crippen LogP contribution in [0.2, 0.25) is 0 Å². The van der Waals surface area contributed by atoms with Crippen molar-refractivity contribution in [3.05, 3.63) is 0 Å². The molecule has 1 unspecified atom stereocenters. The molecule has 0 amide bonds. The van der Waals surface area contributed by atoms with Crippen LogP contribution in [0.1, 0.15) is 19.3 Å². The average molecular weight is 219 g/mol. The van der Waals surface area contributed by atoms with E-state index in [-0.39, 0.29) is 5.97 Å². The van der Waals surface area contributed by atoms with E-state index in [0.717, 1.165) is 19.5 Å². The number of aliphatic hydroxyl groups is 1. The highest BCUT2D eigenvalue weighted by molar-refractivity contribution is 5.68. The molecule has 5 nitrogen and oxygen atoms in total. The second kappa shape index (κ2) is 9.89. The van der Waals surface area contributed by atoms with E-state index in [1.807, 2.05) is 0 Å². The number of methoxy groups -OCH3 is 2. The molecule has 15 heavy (non-hydrogen) atoms. The number of carbonyl (C=O) groups is 1. The number of nitrogens with one attached hydrogen (secondary N) is 1. The molecule has 0 saturated carbocycles. The summed E-state index contributed by atoms with van der Waals surface area (Å²) in [7, 11) is 2.95. The highest BCUT2D eigenvalue weighted by atomic mass is 16.5. The summed E-state index contributed by atoms with van der Waals surface area (Å²) in [5.41, 5.74) is 0. The Morgan fingerprint density at radius 1 is 1.40 bits per heavy atom. The molecule has 0 aliphatic carbocycles. The van der Waals surface area contributed by atoms with Crippen LogP contribution in [0.5, 0.6) is 0 Å². The van der Waals surface area contributed by atoms with Crippen molar-refractivity contribution in [3.8, 4) is 0 Å². The number of hydrogen-bond acceptors (Lipinski definition) is 5. The fourth-order valence-electron chi connectivity index (χ4n) is 1.13. The molecule has 0 spiro atoms. The molecular weight excluding hydrogens is 198 g/mol. The minimum absolute atomic E-state index is 0.184. The van der Waals surface area contributed by atoms with E-state index >= 15 is 0 Å². The first kappa shape index (κ1) is 14.3. The van der Waals surface area contributed by atoms with Crippen LogP contribution in [0, 0.1) is 0 Å². The summed E-state index contributed by atoms with van der Waals surface area (Å²) < 4.78 is 9.29. The van der Waals surface area contributed by atoms with Crippen molar-refractivity contribution in [2.45, 2.75) is 25.4 Å². The molecule has 0 saturated heterocycles. The lowest BCUT2D eigenvalue weighted by atomic mass is 10.2. The third kappa shape index (κ3) is 9.65. The summed E-state index contributed by atoms with van der Waals surface area (Å²) in [5.74, 6) is -0.184. The van der Waals surface area contributed by atoms with Gasteiger partial charge in [0.25, 0.3) is 0 Å². The second-order valence-electron chi connectivity index (χ2n) is 3.33. The van der Waals surface area contributed by atoms with Gasteiger partial charge in [-0.1, -0.05) is 0 Å². The zero-order chi connectivity index (χ0) is 11.5. The van der Waals surface area contributed by atoms with Gasteiger partial charge in [0, 0.05) is 13.5 Å². The molecule has 0 radical (unpaired) electrons. The number of hydrogen-bond donors (Lipinski definition) is 2. The second-order valence-corrected chi connectivity index (χ2v) is 3.33. The van der Waals surface area contributed by atoms with Gasteiger partial charge in [-0.15, -0.1) is 0 Å². The van der Waals surface area contributed by atoms with Crippen LogP contribution in [-0.4, -0.2) is 51.1 Å². The van der Waals surface area contributed by atoms with E-state index in [4.69, 9.17) is 4.74 Å². The molecule has 0 aromatic heterocycles. The topological polar surface area (TPSA) is 67.8 Å². The Kier molecular flexibility index (Phi) is 9.46. The van der Waals surface area contributed by atoms with E-state index in [1.54, 1.807) is 7.11 Å². The summed E-state index contributed by atoms with van der Waals surface area (Å²) in [6, 6.07) is 0. The van der Waals surface area contributed by atoms with Crippen LogP contribution < -0.4 is 5.32 Å². The minimum Gasteiger partial charge on any atom is -0.469 e. The molecule has 0 aromatic carbocycles. The Morgan fingerprint density at radius 2 is 2.13 bits per heavy atom. The van der Waals surface area contributed by atoms with Gasteiger partial charge in [0.15, 0.2) is 0 Å². The predicted octanol–water partition coefficient (Wildman–Crippen LogP) is -0.0734. The first-order chi connectivity index (χ1) is 7.20. The number of rotatable bonds is 9. The maximum Gasteiger partial charge on any atom is 0.305 e. The Hall–Kier alpha value is -0.650. The van der Waals surface area contributed by atoms with E-state index in [1.165, 1.54) is 7.11 Å². The molecule has 0 heterocycles. The molecule has 90 valence electrons. The SMILES string of the molecule is COCC(O)CCNCCCC(=O)OC. The van der Waals surface area contributed by atoms with Crippen LogP contribution in [0.15, 0.2) is 0 Å². The van der Waals surface area contributed by atoms with Crippen LogP contribution in [-0.2, 0) is 14.3 Å². The Bertz CT molecular complexity index is 164. The summed E-state index contributed by atoms with van der Waals surface area (Å²) in [5, 5.41) is 12.4. The minimum atomic E-state index is -0.414. The lowest BCUT2D eigenvalue weighted by Gasteiger charge is -2.09. The van der Waals surface area contributed by atoms with Crippen molar-refractivity contribution in [1.29, 1.82) is 0 Å². The van der Waals surface area contributed by atoms with Crippen LogP contribution >= 0.6 is 0 Å². The smallest absolute Gasteiger partial charge is 0.305 e. The summed E-state index contributed by atoms with van der Waals surface area (Å²) in [6.07, 6.45) is 1.44. The average Bonchev–Trinajstić information content (AvgIpc) is 2.23. The van der Waals surface area contributed by atoms with Crippen molar-refractivity contribution >= 4 is 5.97 Å². The maximum absolute atomic E-state index is 10.7. The predicted molar refractivity (Wildman–Crippen MR) is 56.6 cm³/mol. The molecule has 1 atom stereocenters. The van der Waals surface area contributed by atoms with E-state index in [0.29, 0.717) is 19.4 Å². The summed E-state index contributed by atoms with van der Waals surface area (Å²) in [4.78, 5) is 10.7. The Labute approximate surface area is 90.8 Å². The molecule has 2 N–H and O–H groups in total. The molecule has 0 aromatic rings. The van der Waals surface area contributed by atoms with Crippen LogP contribution in [0.3, 0.4) is 0 Å². The van der Waals surface area contributed by atoms with E-state index < -0.39 is 6.10 Å². The zero-order valence-corrected chi connectivity index (χ0v) is 9.49. The monoisotopic (exact) mass is 219 g/mol. The van der Waals surface area contributed by atoms with Gasteiger partial charge in [-0.05, 0) is 25.9 Å². The van der Waals surface area contributed by atoms with Crippen LogP contribution in [0.25, 0.3) is 0 Å². The van der Waals surface area contributed by atoms with Gasteiger partial charge in [-0.3, -0.25) is 4.79 Å².